The molecule has 0 bridgehead atoms. The number of amides is 4. The summed E-state index contributed by atoms with van der Waals surface area (Å²) in [6.45, 7) is 0. The summed E-state index contributed by atoms with van der Waals surface area (Å²) in [7, 11) is 1.04. The number of hydrogen-bond acceptors (Lipinski definition) is 7. The average Bonchev–Trinajstić information content (AvgIpc) is 2.92. The highest BCUT2D eigenvalue weighted by molar-refractivity contribution is 6.23. The molecule has 3 rings (SSSR count). The Morgan fingerprint density at radius 3 is 2.21 bits per heavy atom. The van der Waals surface area contributed by atoms with E-state index in [1.807, 2.05) is 0 Å². The summed E-state index contributed by atoms with van der Waals surface area (Å²) < 4.78 is 4.43. The number of carboxylic acids is 1. The van der Waals surface area contributed by atoms with Gasteiger partial charge in [-0.15, -0.1) is 0 Å². The molecule has 0 aromatic heterocycles. The first-order valence-corrected chi connectivity index (χ1v) is 8.40. The van der Waals surface area contributed by atoms with Gasteiger partial charge in [-0.2, -0.15) is 0 Å². The Morgan fingerprint density at radius 1 is 1.14 bits per heavy atom. The lowest BCUT2D eigenvalue weighted by Crippen LogP contribution is -2.60. The third-order valence-corrected chi connectivity index (χ3v) is 4.74. The van der Waals surface area contributed by atoms with Crippen LogP contribution in [0.5, 0.6) is 0 Å². The van der Waals surface area contributed by atoms with E-state index in [9.17, 15) is 33.9 Å². The predicted molar refractivity (Wildman–Crippen MR) is 89.9 cm³/mol. The minimum absolute atomic E-state index is 0.121. The normalized spacial score (nSPS) is 20.2. The summed E-state index contributed by atoms with van der Waals surface area (Å²) in [6, 6.07) is 2.92. The van der Waals surface area contributed by atoms with Crippen molar-refractivity contribution in [1.29, 1.82) is 0 Å². The first-order valence-electron chi connectivity index (χ1n) is 8.40. The van der Waals surface area contributed by atoms with Crippen molar-refractivity contribution in [3.63, 3.8) is 0 Å². The molecule has 2 atom stereocenters. The lowest BCUT2D eigenvalue weighted by molar-refractivity contribution is -0.165. The quantitative estimate of drug-likeness (QED) is 0.541. The summed E-state index contributed by atoms with van der Waals surface area (Å²) >= 11 is 0. The summed E-state index contributed by atoms with van der Waals surface area (Å²) in [4.78, 5) is 74.7. The average molecular weight is 388 g/mol. The van der Waals surface area contributed by atoms with Gasteiger partial charge in [0.05, 0.1) is 24.7 Å². The van der Waals surface area contributed by atoms with Crippen molar-refractivity contribution in [1.82, 2.24) is 9.80 Å². The maximum absolute atomic E-state index is 12.9. The second-order valence-corrected chi connectivity index (χ2v) is 6.32. The molecule has 1 saturated heterocycles. The van der Waals surface area contributed by atoms with Crippen LogP contribution in [0.1, 0.15) is 40.0 Å². The van der Waals surface area contributed by atoms with E-state index in [1.165, 1.54) is 12.1 Å². The molecule has 0 aliphatic carbocycles. The van der Waals surface area contributed by atoms with Crippen LogP contribution in [-0.2, 0) is 23.9 Å². The molecular formula is C18H16N2O8. The number of hydrogen-bond donors (Lipinski definition) is 1. The van der Waals surface area contributed by atoms with Gasteiger partial charge in [0.25, 0.3) is 17.7 Å². The third kappa shape index (κ3) is 3.02. The zero-order chi connectivity index (χ0) is 20.6. The van der Waals surface area contributed by atoms with Crippen LogP contribution >= 0.6 is 0 Å². The zero-order valence-electron chi connectivity index (χ0n) is 14.8. The maximum Gasteiger partial charge on any atom is 0.327 e. The number of piperidine rings is 1. The molecule has 28 heavy (non-hydrogen) atoms. The monoisotopic (exact) mass is 388 g/mol. The standard InChI is InChI=1S/C18H16N2O8/c1-28-14(22)8-12(18(26)27)19-13(21)7-6-11(17(19)25)20-15(23)9-4-2-3-5-10(9)16(20)24/h2-5,11-12H,6-8H2,1H3,(H,26,27). The first kappa shape index (κ1) is 19.2. The van der Waals surface area contributed by atoms with Gasteiger partial charge in [-0.25, -0.2) is 4.79 Å². The maximum atomic E-state index is 12.9. The van der Waals surface area contributed by atoms with E-state index in [4.69, 9.17) is 0 Å². The van der Waals surface area contributed by atoms with Crippen LogP contribution in [0.2, 0.25) is 0 Å². The Hall–Kier alpha value is -3.56. The Balaban J connectivity index is 1.93. The fourth-order valence-corrected chi connectivity index (χ4v) is 3.38. The highest BCUT2D eigenvalue weighted by Crippen LogP contribution is 2.30. The summed E-state index contributed by atoms with van der Waals surface area (Å²) in [5.74, 6) is -5.68. The summed E-state index contributed by atoms with van der Waals surface area (Å²) in [5, 5.41) is 9.40. The van der Waals surface area contributed by atoms with Gasteiger partial charge >= 0.3 is 11.9 Å². The van der Waals surface area contributed by atoms with Crippen LogP contribution in [0.25, 0.3) is 0 Å². The largest absolute Gasteiger partial charge is 0.480 e. The number of aliphatic carboxylic acids is 1. The molecule has 4 amide bonds. The third-order valence-electron chi connectivity index (χ3n) is 4.74. The lowest BCUT2D eigenvalue weighted by Gasteiger charge is -2.36. The number of carbonyl (C=O) groups is 6. The Morgan fingerprint density at radius 2 is 1.71 bits per heavy atom. The molecule has 10 nitrogen and oxygen atoms in total. The second-order valence-electron chi connectivity index (χ2n) is 6.32. The number of esters is 1. The molecule has 1 fully saturated rings. The molecule has 1 aromatic rings. The number of nitrogens with zero attached hydrogens (tertiary/aromatic N) is 2. The smallest absolute Gasteiger partial charge is 0.327 e. The van der Waals surface area contributed by atoms with Crippen LogP contribution in [-0.4, -0.2) is 69.7 Å². The van der Waals surface area contributed by atoms with E-state index < -0.39 is 54.1 Å². The van der Waals surface area contributed by atoms with Gasteiger partial charge in [0.1, 0.15) is 12.1 Å². The van der Waals surface area contributed by atoms with Gasteiger partial charge in [-0.3, -0.25) is 33.8 Å². The van der Waals surface area contributed by atoms with Gasteiger partial charge in [-0.1, -0.05) is 12.1 Å². The number of carboxylic acid groups (broad SMARTS) is 1. The Kier molecular flexibility index (Phi) is 4.95. The van der Waals surface area contributed by atoms with E-state index in [1.54, 1.807) is 12.1 Å². The summed E-state index contributed by atoms with van der Waals surface area (Å²) in [5.41, 5.74) is 0.265. The second kappa shape index (κ2) is 7.22. The number of fused-ring (bicyclic) bond motifs is 1. The van der Waals surface area contributed by atoms with Crippen molar-refractivity contribution < 1.29 is 38.6 Å². The Bertz CT molecular complexity index is 874. The molecule has 0 saturated carbocycles. The van der Waals surface area contributed by atoms with Gasteiger partial charge in [0.15, 0.2) is 0 Å². The van der Waals surface area contributed by atoms with Crippen LogP contribution in [0.15, 0.2) is 24.3 Å². The van der Waals surface area contributed by atoms with E-state index in [0.29, 0.717) is 4.90 Å². The van der Waals surface area contributed by atoms with E-state index in [2.05, 4.69) is 4.74 Å². The molecule has 0 spiro atoms. The number of rotatable bonds is 5. The van der Waals surface area contributed by atoms with Crippen molar-refractivity contribution in [2.75, 3.05) is 7.11 Å². The SMILES string of the molecule is COC(=O)CC(C(=O)O)N1C(=O)CCC(N2C(=O)c3ccccc3C2=O)C1=O. The van der Waals surface area contributed by atoms with E-state index >= 15 is 0 Å². The number of likely N-dealkylation sites (tertiary alicyclic amines) is 1. The number of carbonyl (C=O) groups excluding carboxylic acids is 5. The van der Waals surface area contributed by atoms with Crippen molar-refractivity contribution in [3.8, 4) is 0 Å². The zero-order valence-corrected chi connectivity index (χ0v) is 14.8. The number of ether oxygens (including phenoxy) is 1. The molecule has 2 heterocycles. The fourth-order valence-electron chi connectivity index (χ4n) is 3.38. The Labute approximate surface area is 158 Å². The molecule has 10 heteroatoms. The van der Waals surface area contributed by atoms with Gasteiger partial charge in [0, 0.05) is 6.42 Å². The highest BCUT2D eigenvalue weighted by Gasteiger charge is 2.49. The predicted octanol–water partition coefficient (Wildman–Crippen LogP) is -0.183. The van der Waals surface area contributed by atoms with Gasteiger partial charge in [0.2, 0.25) is 5.91 Å². The number of benzene rings is 1. The van der Waals surface area contributed by atoms with Gasteiger partial charge in [-0.05, 0) is 18.6 Å². The van der Waals surface area contributed by atoms with Gasteiger partial charge < -0.3 is 9.84 Å². The van der Waals surface area contributed by atoms with Crippen LogP contribution < -0.4 is 0 Å². The van der Waals surface area contributed by atoms with E-state index in [-0.39, 0.29) is 24.0 Å². The molecule has 1 aromatic carbocycles. The molecule has 2 unspecified atom stereocenters. The van der Waals surface area contributed by atoms with Crippen molar-refractivity contribution >= 4 is 35.6 Å². The van der Waals surface area contributed by atoms with E-state index in [0.717, 1.165) is 12.0 Å². The minimum Gasteiger partial charge on any atom is -0.480 e. The van der Waals surface area contributed by atoms with Crippen molar-refractivity contribution in [2.24, 2.45) is 0 Å². The van der Waals surface area contributed by atoms with Crippen molar-refractivity contribution in [3.05, 3.63) is 35.4 Å². The topological polar surface area (TPSA) is 138 Å². The van der Waals surface area contributed by atoms with Crippen LogP contribution in [0.4, 0.5) is 0 Å². The molecule has 0 radical (unpaired) electrons. The number of methoxy groups -OCH3 is 1. The lowest BCUT2D eigenvalue weighted by atomic mass is 9.99. The van der Waals surface area contributed by atoms with Crippen LogP contribution in [0.3, 0.4) is 0 Å². The minimum atomic E-state index is -1.79. The fraction of sp³-hybridized carbons (Fsp3) is 0.333. The van der Waals surface area contributed by atoms with Crippen LogP contribution in [0, 0.1) is 0 Å². The molecular weight excluding hydrogens is 372 g/mol. The first-order chi connectivity index (χ1) is 13.3. The molecule has 146 valence electrons. The highest BCUT2D eigenvalue weighted by atomic mass is 16.5. The summed E-state index contributed by atoms with van der Waals surface area (Å²) in [6.07, 6.45) is -1.11. The van der Waals surface area contributed by atoms with Crippen molar-refractivity contribution in [2.45, 2.75) is 31.3 Å². The number of imide groups is 2. The molecule has 1 N–H and O–H groups in total. The molecule has 2 aliphatic heterocycles. The molecule has 2 aliphatic rings.